The number of nitrogens with one attached hydrogen (secondary N) is 1. The van der Waals surface area contributed by atoms with Gasteiger partial charge in [0.25, 0.3) is 0 Å². The predicted molar refractivity (Wildman–Crippen MR) is 81.6 cm³/mol. The van der Waals surface area contributed by atoms with Crippen LogP contribution in [0.15, 0.2) is 12.1 Å². The molecular weight excluding hydrogens is 309 g/mol. The summed E-state index contributed by atoms with van der Waals surface area (Å²) in [7, 11) is 0. The molecule has 6 heteroatoms. The highest BCUT2D eigenvalue weighted by molar-refractivity contribution is 6.41. The van der Waals surface area contributed by atoms with Gasteiger partial charge in [0.2, 0.25) is 0 Å². The van der Waals surface area contributed by atoms with Crippen molar-refractivity contribution in [1.82, 2.24) is 0 Å². The van der Waals surface area contributed by atoms with Crippen LogP contribution in [0.3, 0.4) is 0 Å². The summed E-state index contributed by atoms with van der Waals surface area (Å²) in [6.45, 7) is 5.75. The van der Waals surface area contributed by atoms with E-state index in [-0.39, 0.29) is 6.29 Å². The number of ether oxygens (including phenoxy) is 2. The third-order valence-electron chi connectivity index (χ3n) is 2.39. The molecule has 0 fully saturated rings. The molecule has 0 aliphatic heterocycles. The Labute approximate surface area is 129 Å². The van der Waals surface area contributed by atoms with Crippen LogP contribution in [0.5, 0.6) is 0 Å². The zero-order valence-corrected chi connectivity index (χ0v) is 13.3. The van der Waals surface area contributed by atoms with Gasteiger partial charge in [-0.3, -0.25) is 0 Å². The van der Waals surface area contributed by atoms with Crippen molar-refractivity contribution in [2.45, 2.75) is 26.6 Å². The molecule has 0 unspecified atom stereocenters. The Morgan fingerprint density at radius 1 is 1.05 bits per heavy atom. The highest BCUT2D eigenvalue weighted by Gasteiger charge is 2.10. The van der Waals surface area contributed by atoms with Gasteiger partial charge in [-0.25, -0.2) is 0 Å². The van der Waals surface area contributed by atoms with Gasteiger partial charge in [-0.15, -0.1) is 0 Å². The summed E-state index contributed by atoms with van der Waals surface area (Å²) in [5, 5.41) is 4.69. The van der Waals surface area contributed by atoms with Crippen LogP contribution >= 0.6 is 34.8 Å². The molecule has 1 aromatic carbocycles. The molecule has 0 amide bonds. The first kappa shape index (κ1) is 16.9. The average molecular weight is 327 g/mol. The lowest BCUT2D eigenvalue weighted by atomic mass is 10.3. The molecule has 108 valence electrons. The van der Waals surface area contributed by atoms with E-state index in [9.17, 15) is 0 Å². The first-order valence-electron chi connectivity index (χ1n) is 6.20. The number of benzene rings is 1. The monoisotopic (exact) mass is 325 g/mol. The van der Waals surface area contributed by atoms with Crippen LogP contribution in [0.25, 0.3) is 0 Å². The smallest absolute Gasteiger partial charge is 0.159 e. The summed E-state index contributed by atoms with van der Waals surface area (Å²) in [4.78, 5) is 0. The molecule has 0 atom stereocenters. The number of rotatable bonds is 8. The molecule has 3 nitrogen and oxygen atoms in total. The Morgan fingerprint density at radius 2 is 1.58 bits per heavy atom. The fourth-order valence-corrected chi connectivity index (χ4v) is 2.56. The molecule has 0 heterocycles. The van der Waals surface area contributed by atoms with Gasteiger partial charge in [0.15, 0.2) is 6.29 Å². The molecule has 0 spiro atoms. The Balaban J connectivity index is 2.52. The van der Waals surface area contributed by atoms with E-state index in [1.165, 1.54) is 0 Å². The maximum absolute atomic E-state index is 6.08. The van der Waals surface area contributed by atoms with E-state index in [2.05, 4.69) is 5.32 Å². The molecular formula is C13H18Cl3NO2. The number of anilines is 1. The lowest BCUT2D eigenvalue weighted by Gasteiger charge is -2.18. The lowest BCUT2D eigenvalue weighted by molar-refractivity contribution is -0.137. The van der Waals surface area contributed by atoms with E-state index in [0.717, 1.165) is 0 Å². The molecule has 0 aromatic heterocycles. The van der Waals surface area contributed by atoms with Crippen molar-refractivity contribution >= 4 is 40.5 Å². The average Bonchev–Trinajstić information content (AvgIpc) is 2.32. The van der Waals surface area contributed by atoms with E-state index in [1.807, 2.05) is 13.8 Å². The summed E-state index contributed by atoms with van der Waals surface area (Å²) in [5.41, 5.74) is 0.680. The van der Waals surface area contributed by atoms with Crippen molar-refractivity contribution in [2.24, 2.45) is 0 Å². The van der Waals surface area contributed by atoms with E-state index < -0.39 is 0 Å². The normalized spacial score (nSPS) is 11.1. The van der Waals surface area contributed by atoms with Crippen LogP contribution in [0.1, 0.15) is 20.3 Å². The Kier molecular flexibility index (Phi) is 7.88. The van der Waals surface area contributed by atoms with E-state index in [0.29, 0.717) is 46.9 Å². The molecule has 1 rings (SSSR count). The second-order valence-electron chi connectivity index (χ2n) is 3.80. The number of halogens is 3. The molecule has 0 aliphatic rings. The van der Waals surface area contributed by atoms with Gasteiger partial charge in [0, 0.05) is 31.2 Å². The van der Waals surface area contributed by atoms with Crippen LogP contribution in [-0.4, -0.2) is 26.0 Å². The molecule has 0 saturated carbocycles. The van der Waals surface area contributed by atoms with Gasteiger partial charge in [-0.1, -0.05) is 34.8 Å². The summed E-state index contributed by atoms with van der Waals surface area (Å²) < 4.78 is 10.9. The van der Waals surface area contributed by atoms with Crippen LogP contribution in [0, 0.1) is 0 Å². The fourth-order valence-electron chi connectivity index (χ4n) is 1.61. The molecule has 0 aliphatic carbocycles. The molecule has 0 radical (unpaired) electrons. The zero-order valence-electron chi connectivity index (χ0n) is 11.0. The van der Waals surface area contributed by atoms with Gasteiger partial charge >= 0.3 is 0 Å². The largest absolute Gasteiger partial charge is 0.382 e. The predicted octanol–water partition coefficient (Wildman–Crippen LogP) is 4.85. The van der Waals surface area contributed by atoms with Crippen molar-refractivity contribution < 1.29 is 9.47 Å². The fraction of sp³-hybridized carbons (Fsp3) is 0.538. The zero-order chi connectivity index (χ0) is 14.3. The van der Waals surface area contributed by atoms with Gasteiger partial charge in [-0.05, 0) is 26.0 Å². The van der Waals surface area contributed by atoms with E-state index in [1.54, 1.807) is 12.1 Å². The van der Waals surface area contributed by atoms with Crippen LogP contribution < -0.4 is 5.32 Å². The van der Waals surface area contributed by atoms with Crippen LogP contribution in [0.4, 0.5) is 5.69 Å². The van der Waals surface area contributed by atoms with E-state index in [4.69, 9.17) is 44.3 Å². The van der Waals surface area contributed by atoms with Crippen molar-refractivity contribution in [3.05, 3.63) is 27.2 Å². The molecule has 1 N–H and O–H groups in total. The topological polar surface area (TPSA) is 30.5 Å². The lowest BCUT2D eigenvalue weighted by Crippen LogP contribution is -2.21. The van der Waals surface area contributed by atoms with Gasteiger partial charge in [0.05, 0.1) is 15.7 Å². The van der Waals surface area contributed by atoms with Crippen LogP contribution in [0.2, 0.25) is 15.1 Å². The summed E-state index contributed by atoms with van der Waals surface area (Å²) in [6.07, 6.45) is 0.490. The summed E-state index contributed by atoms with van der Waals surface area (Å²) in [6, 6.07) is 3.31. The standard InChI is InChI=1S/C13H18Cl3NO2/c1-3-18-12(19-4-2)5-6-17-13-10(15)7-9(14)8-11(13)16/h7-8,12,17H,3-6H2,1-2H3. The third-order valence-corrected chi connectivity index (χ3v) is 3.21. The van der Waals surface area contributed by atoms with E-state index >= 15 is 0 Å². The molecule has 19 heavy (non-hydrogen) atoms. The Bertz CT molecular complexity index is 372. The van der Waals surface area contributed by atoms with Crippen molar-refractivity contribution in [3.63, 3.8) is 0 Å². The van der Waals surface area contributed by atoms with Gasteiger partial charge < -0.3 is 14.8 Å². The van der Waals surface area contributed by atoms with Crippen molar-refractivity contribution in [1.29, 1.82) is 0 Å². The SMILES string of the molecule is CCOC(CCNc1c(Cl)cc(Cl)cc1Cl)OCC. The molecule has 0 bridgehead atoms. The molecule has 0 saturated heterocycles. The maximum atomic E-state index is 6.08. The Morgan fingerprint density at radius 3 is 2.05 bits per heavy atom. The highest BCUT2D eigenvalue weighted by atomic mass is 35.5. The third kappa shape index (κ3) is 5.76. The molecule has 1 aromatic rings. The second-order valence-corrected chi connectivity index (χ2v) is 5.05. The quantitative estimate of drug-likeness (QED) is 0.693. The summed E-state index contributed by atoms with van der Waals surface area (Å²) >= 11 is 18.0. The van der Waals surface area contributed by atoms with Crippen LogP contribution in [-0.2, 0) is 9.47 Å². The maximum Gasteiger partial charge on any atom is 0.159 e. The minimum atomic E-state index is -0.215. The minimum absolute atomic E-state index is 0.215. The summed E-state index contributed by atoms with van der Waals surface area (Å²) in [5.74, 6) is 0. The first-order valence-corrected chi connectivity index (χ1v) is 7.33. The van der Waals surface area contributed by atoms with Gasteiger partial charge in [-0.2, -0.15) is 0 Å². The van der Waals surface area contributed by atoms with Crippen molar-refractivity contribution in [2.75, 3.05) is 25.1 Å². The number of hydrogen-bond acceptors (Lipinski definition) is 3. The first-order chi connectivity index (χ1) is 9.08. The Hall–Kier alpha value is -0.190. The minimum Gasteiger partial charge on any atom is -0.382 e. The highest BCUT2D eigenvalue weighted by Crippen LogP contribution is 2.33. The van der Waals surface area contributed by atoms with Crippen molar-refractivity contribution in [3.8, 4) is 0 Å². The van der Waals surface area contributed by atoms with Gasteiger partial charge in [0.1, 0.15) is 0 Å². The number of hydrogen-bond donors (Lipinski definition) is 1. The second kappa shape index (κ2) is 8.88.